The molecule has 0 bridgehead atoms. The lowest BCUT2D eigenvalue weighted by Crippen LogP contribution is -2.40. The van der Waals surface area contributed by atoms with Gasteiger partial charge in [0.15, 0.2) is 11.5 Å². The van der Waals surface area contributed by atoms with E-state index in [4.69, 9.17) is 21.1 Å². The van der Waals surface area contributed by atoms with Gasteiger partial charge in [-0.3, -0.25) is 9.59 Å². The van der Waals surface area contributed by atoms with Gasteiger partial charge in [0, 0.05) is 12.5 Å². The Bertz CT molecular complexity index is 590. The lowest BCUT2D eigenvalue weighted by atomic mass is 10.1. The number of halogens is 1. The number of amides is 2. The molecule has 2 amide bonds. The average molecular weight is 341 g/mol. The molecule has 2 rings (SSSR count). The standard InChI is InChI=1S/C16H21ClN2O4/c1-10(2)19-15(21)9-18-14(20)8-11-6-12(17)16-13(7-11)22-4-3-5-23-16/h6-7,10H,3-5,8-9H2,1-2H3,(H,18,20)(H,19,21). The normalized spacial score (nSPS) is 13.4. The number of hydrogen-bond donors (Lipinski definition) is 2. The summed E-state index contributed by atoms with van der Waals surface area (Å²) in [6.07, 6.45) is 0.900. The fourth-order valence-corrected chi connectivity index (χ4v) is 2.47. The van der Waals surface area contributed by atoms with Crippen LogP contribution in [0.1, 0.15) is 25.8 Å². The molecule has 2 N–H and O–H groups in total. The topological polar surface area (TPSA) is 76.7 Å². The largest absolute Gasteiger partial charge is 0.489 e. The highest BCUT2D eigenvalue weighted by molar-refractivity contribution is 6.32. The van der Waals surface area contributed by atoms with Gasteiger partial charge in [-0.15, -0.1) is 0 Å². The van der Waals surface area contributed by atoms with Gasteiger partial charge in [0.2, 0.25) is 11.8 Å². The molecule has 0 atom stereocenters. The minimum Gasteiger partial charge on any atom is -0.489 e. The quantitative estimate of drug-likeness (QED) is 0.855. The zero-order valence-electron chi connectivity index (χ0n) is 13.3. The van der Waals surface area contributed by atoms with E-state index >= 15 is 0 Å². The van der Waals surface area contributed by atoms with Gasteiger partial charge in [-0.2, -0.15) is 0 Å². The van der Waals surface area contributed by atoms with Gasteiger partial charge in [-0.1, -0.05) is 11.6 Å². The van der Waals surface area contributed by atoms with Crippen molar-refractivity contribution < 1.29 is 19.1 Å². The minimum absolute atomic E-state index is 0.0416. The van der Waals surface area contributed by atoms with Crippen LogP contribution in [0.5, 0.6) is 11.5 Å². The highest BCUT2D eigenvalue weighted by Gasteiger charge is 2.17. The molecule has 0 spiro atoms. The summed E-state index contributed by atoms with van der Waals surface area (Å²) in [6, 6.07) is 3.48. The van der Waals surface area contributed by atoms with Crippen molar-refractivity contribution in [1.29, 1.82) is 0 Å². The van der Waals surface area contributed by atoms with Crippen LogP contribution in [0.4, 0.5) is 0 Å². The smallest absolute Gasteiger partial charge is 0.239 e. The molecule has 1 aromatic carbocycles. The van der Waals surface area contributed by atoms with Crippen LogP contribution >= 0.6 is 11.6 Å². The molecule has 0 aliphatic carbocycles. The van der Waals surface area contributed by atoms with E-state index in [9.17, 15) is 9.59 Å². The zero-order valence-corrected chi connectivity index (χ0v) is 14.0. The number of rotatable bonds is 5. The van der Waals surface area contributed by atoms with E-state index < -0.39 is 0 Å². The number of benzene rings is 1. The number of carbonyl (C=O) groups excluding carboxylic acids is 2. The maximum Gasteiger partial charge on any atom is 0.239 e. The molecule has 0 radical (unpaired) electrons. The zero-order chi connectivity index (χ0) is 16.8. The Hall–Kier alpha value is -1.95. The summed E-state index contributed by atoms with van der Waals surface area (Å²) in [5.74, 6) is 0.597. The Balaban J connectivity index is 1.95. The van der Waals surface area contributed by atoms with Gasteiger partial charge in [0.25, 0.3) is 0 Å². The van der Waals surface area contributed by atoms with Gasteiger partial charge in [-0.25, -0.2) is 0 Å². The highest BCUT2D eigenvalue weighted by Crippen LogP contribution is 2.38. The van der Waals surface area contributed by atoms with Gasteiger partial charge >= 0.3 is 0 Å². The van der Waals surface area contributed by atoms with Crippen LogP contribution in [-0.2, 0) is 16.0 Å². The molecule has 6 nitrogen and oxygen atoms in total. The number of carbonyl (C=O) groups is 2. The first-order valence-corrected chi connectivity index (χ1v) is 7.97. The number of hydrogen-bond acceptors (Lipinski definition) is 4. The second-order valence-corrected chi connectivity index (χ2v) is 6.04. The Morgan fingerprint density at radius 3 is 2.70 bits per heavy atom. The molecular formula is C16H21ClN2O4. The first kappa shape index (κ1) is 17.4. The van der Waals surface area contributed by atoms with E-state index in [0.717, 1.165) is 6.42 Å². The van der Waals surface area contributed by atoms with E-state index in [1.165, 1.54) is 0 Å². The molecular weight excluding hydrogens is 320 g/mol. The second-order valence-electron chi connectivity index (χ2n) is 5.63. The summed E-state index contributed by atoms with van der Waals surface area (Å²) in [6.45, 7) is 4.78. The van der Waals surface area contributed by atoms with Gasteiger partial charge < -0.3 is 20.1 Å². The fraction of sp³-hybridized carbons (Fsp3) is 0.500. The third kappa shape index (κ3) is 5.32. The molecule has 1 aromatic rings. The third-order valence-corrected chi connectivity index (χ3v) is 3.40. The van der Waals surface area contributed by atoms with Crippen LogP contribution in [0.25, 0.3) is 0 Å². The maximum atomic E-state index is 11.9. The minimum atomic E-state index is -0.255. The van der Waals surface area contributed by atoms with Crippen molar-refractivity contribution in [2.45, 2.75) is 32.7 Å². The van der Waals surface area contributed by atoms with Crippen LogP contribution in [0.15, 0.2) is 12.1 Å². The van der Waals surface area contributed by atoms with Crippen molar-refractivity contribution in [2.24, 2.45) is 0 Å². The summed E-state index contributed by atoms with van der Waals surface area (Å²) in [5.41, 5.74) is 0.709. The monoisotopic (exact) mass is 340 g/mol. The average Bonchev–Trinajstić information content (AvgIpc) is 2.70. The summed E-state index contributed by atoms with van der Waals surface area (Å²) in [4.78, 5) is 23.5. The predicted molar refractivity (Wildman–Crippen MR) is 87.1 cm³/mol. The first-order chi connectivity index (χ1) is 11.0. The van der Waals surface area contributed by atoms with Crippen LogP contribution < -0.4 is 20.1 Å². The molecule has 23 heavy (non-hydrogen) atoms. The predicted octanol–water partition coefficient (Wildman–Crippen LogP) is 1.68. The summed E-state index contributed by atoms with van der Waals surface area (Å²) >= 11 is 6.19. The van der Waals surface area contributed by atoms with Crippen molar-refractivity contribution in [3.8, 4) is 11.5 Å². The second kappa shape index (κ2) is 8.06. The van der Waals surface area contributed by atoms with E-state index in [1.54, 1.807) is 12.1 Å². The van der Waals surface area contributed by atoms with Crippen LogP contribution in [0.2, 0.25) is 5.02 Å². The SMILES string of the molecule is CC(C)NC(=O)CNC(=O)Cc1cc(Cl)c2c(c1)OCCCO2. The van der Waals surface area contributed by atoms with Crippen molar-refractivity contribution >= 4 is 23.4 Å². The molecule has 0 aromatic heterocycles. The number of ether oxygens (including phenoxy) is 2. The number of nitrogens with one attached hydrogen (secondary N) is 2. The van der Waals surface area contributed by atoms with Crippen molar-refractivity contribution in [3.63, 3.8) is 0 Å². The van der Waals surface area contributed by atoms with Gasteiger partial charge in [0.1, 0.15) is 0 Å². The van der Waals surface area contributed by atoms with Crippen LogP contribution in [0.3, 0.4) is 0 Å². The Morgan fingerprint density at radius 1 is 1.22 bits per heavy atom. The highest BCUT2D eigenvalue weighted by atomic mass is 35.5. The lowest BCUT2D eigenvalue weighted by molar-refractivity contribution is -0.126. The molecule has 7 heteroatoms. The van der Waals surface area contributed by atoms with Gasteiger partial charge in [-0.05, 0) is 31.5 Å². The fourth-order valence-electron chi connectivity index (χ4n) is 2.19. The third-order valence-electron chi connectivity index (χ3n) is 3.12. The summed E-state index contributed by atoms with van der Waals surface area (Å²) < 4.78 is 11.1. The van der Waals surface area contributed by atoms with E-state index in [2.05, 4.69) is 10.6 Å². The summed E-state index contributed by atoms with van der Waals surface area (Å²) in [5, 5.41) is 5.71. The summed E-state index contributed by atoms with van der Waals surface area (Å²) in [7, 11) is 0. The Morgan fingerprint density at radius 2 is 1.96 bits per heavy atom. The molecule has 0 fully saturated rings. The maximum absolute atomic E-state index is 11.9. The first-order valence-electron chi connectivity index (χ1n) is 7.60. The molecule has 1 aliphatic heterocycles. The Labute approximate surface area is 140 Å². The van der Waals surface area contributed by atoms with Crippen molar-refractivity contribution in [2.75, 3.05) is 19.8 Å². The number of fused-ring (bicyclic) bond motifs is 1. The molecule has 1 heterocycles. The molecule has 0 saturated carbocycles. The molecule has 0 unspecified atom stereocenters. The van der Waals surface area contributed by atoms with E-state index in [1.807, 2.05) is 13.8 Å². The van der Waals surface area contributed by atoms with E-state index in [0.29, 0.717) is 35.3 Å². The molecule has 0 saturated heterocycles. The van der Waals surface area contributed by atoms with E-state index in [-0.39, 0.29) is 30.8 Å². The molecule has 126 valence electrons. The lowest BCUT2D eigenvalue weighted by Gasteiger charge is -2.12. The Kier molecular flexibility index (Phi) is 6.10. The van der Waals surface area contributed by atoms with Crippen LogP contribution in [0, 0.1) is 0 Å². The van der Waals surface area contributed by atoms with Crippen LogP contribution in [-0.4, -0.2) is 37.6 Å². The van der Waals surface area contributed by atoms with Gasteiger partial charge in [0.05, 0.1) is 31.2 Å². The van der Waals surface area contributed by atoms with Crippen molar-refractivity contribution in [3.05, 3.63) is 22.7 Å². The van der Waals surface area contributed by atoms with Crippen molar-refractivity contribution in [1.82, 2.24) is 10.6 Å². The molecule has 1 aliphatic rings.